The van der Waals surface area contributed by atoms with Gasteiger partial charge >= 0.3 is 0 Å². The molecule has 2 aromatic rings. The Labute approximate surface area is 132 Å². The van der Waals surface area contributed by atoms with Crippen LogP contribution in [0.15, 0.2) is 23.0 Å². The second-order valence-electron chi connectivity index (χ2n) is 4.49. The Morgan fingerprint density at radius 1 is 1.09 bits per heavy atom. The van der Waals surface area contributed by atoms with Crippen LogP contribution in [-0.2, 0) is 0 Å². The summed E-state index contributed by atoms with van der Waals surface area (Å²) in [5.74, 6) is -2.78. The number of nitrogen functional groups attached to an aromatic ring is 1. The Kier molecular flexibility index (Phi) is 3.19. The first-order valence-corrected chi connectivity index (χ1v) is 6.63. The van der Waals surface area contributed by atoms with E-state index in [2.05, 4.69) is 0 Å². The Bertz CT molecular complexity index is 900. The van der Waals surface area contributed by atoms with Crippen molar-refractivity contribution in [1.82, 2.24) is 9.88 Å². The largest absolute Gasteiger partial charge is 0.384 e. The minimum atomic E-state index is -0.893. The molecule has 112 valence electrons. The predicted molar refractivity (Wildman–Crippen MR) is 78.2 cm³/mol. The van der Waals surface area contributed by atoms with Crippen LogP contribution in [0.25, 0.3) is 5.69 Å². The number of fused-ring (bicyclic) bond motifs is 1. The smallest absolute Gasteiger partial charge is 0.262 e. The third-order valence-corrected chi connectivity index (χ3v) is 3.66. The molecule has 1 aromatic carbocycles. The first-order chi connectivity index (χ1) is 10.3. The number of anilines is 1. The van der Waals surface area contributed by atoms with E-state index in [1.165, 1.54) is 6.07 Å². The molecule has 0 atom stereocenters. The summed E-state index contributed by atoms with van der Waals surface area (Å²) < 4.78 is 14.9. The topological polar surface area (TPSA) is 94.2 Å². The van der Waals surface area contributed by atoms with Crippen LogP contribution >= 0.6 is 23.2 Å². The van der Waals surface area contributed by atoms with Crippen molar-refractivity contribution >= 4 is 40.8 Å². The Morgan fingerprint density at radius 3 is 2.41 bits per heavy atom. The average Bonchev–Trinajstić information content (AvgIpc) is 2.67. The van der Waals surface area contributed by atoms with E-state index in [0.717, 1.165) is 16.7 Å². The lowest BCUT2D eigenvalue weighted by molar-refractivity contribution is 0.0880. The van der Waals surface area contributed by atoms with E-state index in [0.29, 0.717) is 0 Å². The fourth-order valence-electron chi connectivity index (χ4n) is 2.26. The van der Waals surface area contributed by atoms with Crippen molar-refractivity contribution in [3.05, 3.63) is 55.5 Å². The van der Waals surface area contributed by atoms with Crippen molar-refractivity contribution in [1.29, 1.82) is 0 Å². The minimum absolute atomic E-state index is 0.0342. The highest BCUT2D eigenvalue weighted by Gasteiger charge is 2.32. The number of carbonyl (C=O) groups is 2. The normalized spacial score (nSPS) is 13.2. The lowest BCUT2D eigenvalue weighted by Crippen LogP contribution is -2.25. The number of aromatic nitrogens is 1. The van der Waals surface area contributed by atoms with Crippen molar-refractivity contribution in [2.75, 3.05) is 5.73 Å². The van der Waals surface area contributed by atoms with Crippen molar-refractivity contribution in [3.8, 4) is 5.69 Å². The summed E-state index contributed by atoms with van der Waals surface area (Å²) in [6.45, 7) is 0. The second kappa shape index (κ2) is 4.82. The van der Waals surface area contributed by atoms with E-state index < -0.39 is 23.2 Å². The third kappa shape index (κ3) is 1.98. The van der Waals surface area contributed by atoms with Gasteiger partial charge in [0.25, 0.3) is 17.4 Å². The summed E-state index contributed by atoms with van der Waals surface area (Å²) >= 11 is 11.6. The van der Waals surface area contributed by atoms with E-state index in [1.807, 2.05) is 5.32 Å². The molecule has 3 N–H and O–H groups in total. The molecule has 0 saturated heterocycles. The van der Waals surface area contributed by atoms with Gasteiger partial charge in [-0.2, -0.15) is 0 Å². The molecule has 1 aliphatic heterocycles. The van der Waals surface area contributed by atoms with Crippen molar-refractivity contribution in [2.24, 2.45) is 0 Å². The highest BCUT2D eigenvalue weighted by atomic mass is 35.5. The molecule has 0 aliphatic carbocycles. The number of hydrogen-bond donors (Lipinski definition) is 2. The summed E-state index contributed by atoms with van der Waals surface area (Å²) in [7, 11) is 0. The molecule has 0 fully saturated rings. The van der Waals surface area contributed by atoms with Crippen LogP contribution in [0, 0.1) is 5.82 Å². The van der Waals surface area contributed by atoms with Gasteiger partial charge in [-0.1, -0.05) is 23.2 Å². The van der Waals surface area contributed by atoms with Crippen LogP contribution in [0.1, 0.15) is 20.7 Å². The number of nitrogens with two attached hydrogens (primary N) is 1. The van der Waals surface area contributed by atoms with Gasteiger partial charge in [0.15, 0.2) is 0 Å². The van der Waals surface area contributed by atoms with Crippen molar-refractivity contribution in [2.45, 2.75) is 0 Å². The molecule has 1 aromatic heterocycles. The fourth-order valence-corrected chi connectivity index (χ4v) is 2.81. The maximum Gasteiger partial charge on any atom is 0.262 e. The first kappa shape index (κ1) is 14.6. The standard InChI is InChI=1S/C13H6Cl2FN3O3/c14-4-1-6(15)10(7(16)2-4)19-8(20)3-5-9(11(19)17)13(22)18-12(5)21/h1-3H,17H2,(H,18,21,22). The number of nitrogens with zero attached hydrogens (tertiary/aromatic N) is 1. The molecule has 0 spiro atoms. The summed E-state index contributed by atoms with van der Waals surface area (Å²) in [5, 5.41) is 1.88. The number of pyridine rings is 1. The molecule has 9 heteroatoms. The van der Waals surface area contributed by atoms with Crippen LogP contribution in [0.5, 0.6) is 0 Å². The van der Waals surface area contributed by atoms with E-state index in [-0.39, 0.29) is 32.7 Å². The molecular weight excluding hydrogens is 336 g/mol. The number of hydrogen-bond acceptors (Lipinski definition) is 4. The predicted octanol–water partition coefficient (Wildman–Crippen LogP) is 1.75. The van der Waals surface area contributed by atoms with Gasteiger partial charge in [-0.15, -0.1) is 0 Å². The Balaban J connectivity index is 2.40. The molecule has 0 saturated carbocycles. The van der Waals surface area contributed by atoms with Crippen LogP contribution in [0.2, 0.25) is 10.0 Å². The van der Waals surface area contributed by atoms with Gasteiger partial charge in [0, 0.05) is 11.1 Å². The van der Waals surface area contributed by atoms with Gasteiger partial charge in [-0.3, -0.25) is 24.3 Å². The monoisotopic (exact) mass is 341 g/mol. The number of imide groups is 1. The zero-order chi connectivity index (χ0) is 16.2. The molecule has 22 heavy (non-hydrogen) atoms. The van der Waals surface area contributed by atoms with Gasteiger partial charge in [0.2, 0.25) is 0 Å². The van der Waals surface area contributed by atoms with Gasteiger partial charge < -0.3 is 5.73 Å². The molecule has 2 amide bonds. The lowest BCUT2D eigenvalue weighted by atomic mass is 10.1. The zero-order valence-corrected chi connectivity index (χ0v) is 12.1. The van der Waals surface area contributed by atoms with Crippen LogP contribution < -0.4 is 16.6 Å². The zero-order valence-electron chi connectivity index (χ0n) is 10.6. The molecule has 0 unspecified atom stereocenters. The lowest BCUT2D eigenvalue weighted by Gasteiger charge is -2.14. The molecule has 0 radical (unpaired) electrons. The Morgan fingerprint density at radius 2 is 1.77 bits per heavy atom. The number of benzene rings is 1. The van der Waals surface area contributed by atoms with Crippen LogP contribution in [-0.4, -0.2) is 16.4 Å². The quantitative estimate of drug-likeness (QED) is 0.772. The molecular formula is C13H6Cl2FN3O3. The van der Waals surface area contributed by atoms with Crippen LogP contribution in [0.3, 0.4) is 0 Å². The first-order valence-electron chi connectivity index (χ1n) is 5.87. The molecule has 3 rings (SSSR count). The molecule has 6 nitrogen and oxygen atoms in total. The van der Waals surface area contributed by atoms with E-state index in [4.69, 9.17) is 28.9 Å². The molecule has 1 aliphatic rings. The summed E-state index contributed by atoms with van der Waals surface area (Å²) in [6.07, 6.45) is 0. The van der Waals surface area contributed by atoms with Crippen LogP contribution in [0.4, 0.5) is 10.2 Å². The maximum absolute atomic E-state index is 14.1. The van der Waals surface area contributed by atoms with Crippen molar-refractivity contribution < 1.29 is 14.0 Å². The van der Waals surface area contributed by atoms with Gasteiger partial charge in [0.05, 0.1) is 16.1 Å². The summed E-state index contributed by atoms with van der Waals surface area (Å²) in [4.78, 5) is 35.5. The average molecular weight is 342 g/mol. The van der Waals surface area contributed by atoms with Gasteiger partial charge in [-0.05, 0) is 12.1 Å². The van der Waals surface area contributed by atoms with E-state index >= 15 is 0 Å². The molecule has 2 heterocycles. The summed E-state index contributed by atoms with van der Waals surface area (Å²) in [5.41, 5.74) is 4.28. The number of halogens is 3. The van der Waals surface area contributed by atoms with Crippen molar-refractivity contribution in [3.63, 3.8) is 0 Å². The number of nitrogens with one attached hydrogen (secondary N) is 1. The van der Waals surface area contributed by atoms with E-state index in [1.54, 1.807) is 0 Å². The highest BCUT2D eigenvalue weighted by molar-refractivity contribution is 6.35. The fraction of sp³-hybridized carbons (Fsp3) is 0. The minimum Gasteiger partial charge on any atom is -0.384 e. The molecule has 0 bridgehead atoms. The second-order valence-corrected chi connectivity index (χ2v) is 5.34. The van der Waals surface area contributed by atoms with Gasteiger partial charge in [-0.25, -0.2) is 4.39 Å². The number of carbonyl (C=O) groups excluding carboxylic acids is 2. The van der Waals surface area contributed by atoms with Gasteiger partial charge in [0.1, 0.15) is 17.3 Å². The van der Waals surface area contributed by atoms with E-state index in [9.17, 15) is 18.8 Å². The summed E-state index contributed by atoms with van der Waals surface area (Å²) in [6, 6.07) is 3.08. The highest BCUT2D eigenvalue weighted by Crippen LogP contribution is 2.30. The SMILES string of the molecule is Nc1c2c(cc(=O)n1-c1c(F)cc(Cl)cc1Cl)C(=O)NC2=O. The third-order valence-electron chi connectivity index (χ3n) is 3.16. The Hall–Kier alpha value is -2.38. The number of amides is 2. The number of rotatable bonds is 1. The maximum atomic E-state index is 14.1.